The number of amides is 1. The van der Waals surface area contributed by atoms with Gasteiger partial charge in [-0.3, -0.25) is 14.9 Å². The normalized spacial score (nSPS) is 13.9. The van der Waals surface area contributed by atoms with Gasteiger partial charge >= 0.3 is 5.69 Å². The molecule has 0 heterocycles. The maximum Gasteiger partial charge on any atom is 0.311 e. The van der Waals surface area contributed by atoms with Crippen LogP contribution in [0.4, 0.5) is 5.69 Å². The summed E-state index contributed by atoms with van der Waals surface area (Å²) >= 11 is 0. The SMILES string of the molecule is COc1cc(OCC(=O)NC(C)c2ccc3c(c2)CCCC3)ccc1[N+](=O)[O-]. The molecule has 0 spiro atoms. The van der Waals surface area contributed by atoms with Crippen molar-refractivity contribution in [3.63, 3.8) is 0 Å². The Hall–Kier alpha value is -3.09. The molecule has 0 saturated heterocycles. The number of nitro groups is 1. The second-order valence-electron chi connectivity index (χ2n) is 6.90. The first-order valence-electron chi connectivity index (χ1n) is 9.34. The summed E-state index contributed by atoms with van der Waals surface area (Å²) < 4.78 is 10.5. The molecule has 2 aromatic carbocycles. The zero-order valence-corrected chi connectivity index (χ0v) is 16.1. The van der Waals surface area contributed by atoms with Crippen LogP contribution in [0.25, 0.3) is 0 Å². The maximum absolute atomic E-state index is 12.2. The molecule has 1 atom stereocenters. The molecular formula is C21H24N2O5. The van der Waals surface area contributed by atoms with E-state index in [-0.39, 0.29) is 30.0 Å². The summed E-state index contributed by atoms with van der Waals surface area (Å²) in [6, 6.07) is 10.4. The fourth-order valence-electron chi connectivity index (χ4n) is 3.44. The van der Waals surface area contributed by atoms with Crippen LogP contribution in [0.2, 0.25) is 0 Å². The molecule has 28 heavy (non-hydrogen) atoms. The number of nitro benzene ring substituents is 1. The van der Waals surface area contributed by atoms with Crippen LogP contribution >= 0.6 is 0 Å². The average molecular weight is 384 g/mol. The van der Waals surface area contributed by atoms with Crippen LogP contribution < -0.4 is 14.8 Å². The van der Waals surface area contributed by atoms with Crippen molar-refractivity contribution in [2.24, 2.45) is 0 Å². The molecule has 1 aliphatic rings. The Balaban J connectivity index is 1.57. The van der Waals surface area contributed by atoms with Gasteiger partial charge in [0.05, 0.1) is 18.1 Å². The lowest BCUT2D eigenvalue weighted by Gasteiger charge is -2.20. The van der Waals surface area contributed by atoms with E-state index in [1.807, 2.05) is 6.92 Å². The number of nitrogens with one attached hydrogen (secondary N) is 1. The molecule has 1 aliphatic carbocycles. The number of benzene rings is 2. The summed E-state index contributed by atoms with van der Waals surface area (Å²) in [6.07, 6.45) is 4.67. The summed E-state index contributed by atoms with van der Waals surface area (Å²) in [5.74, 6) is 0.159. The molecule has 0 saturated carbocycles. The lowest BCUT2D eigenvalue weighted by molar-refractivity contribution is -0.385. The number of nitrogens with zero attached hydrogens (tertiary/aromatic N) is 1. The van der Waals surface area contributed by atoms with Crippen LogP contribution in [0.1, 0.15) is 42.5 Å². The molecule has 1 N–H and O–H groups in total. The highest BCUT2D eigenvalue weighted by Crippen LogP contribution is 2.30. The Morgan fingerprint density at radius 2 is 1.93 bits per heavy atom. The highest BCUT2D eigenvalue weighted by molar-refractivity contribution is 5.78. The minimum absolute atomic E-state index is 0.0883. The van der Waals surface area contributed by atoms with E-state index in [9.17, 15) is 14.9 Å². The average Bonchev–Trinajstić information content (AvgIpc) is 2.71. The molecule has 1 amide bonds. The Morgan fingerprint density at radius 1 is 1.18 bits per heavy atom. The number of hydrogen-bond donors (Lipinski definition) is 1. The second kappa shape index (κ2) is 8.73. The number of rotatable bonds is 7. The summed E-state index contributed by atoms with van der Waals surface area (Å²) in [6.45, 7) is 1.76. The molecule has 0 fully saturated rings. The third-order valence-electron chi connectivity index (χ3n) is 4.97. The fraction of sp³-hybridized carbons (Fsp3) is 0.381. The summed E-state index contributed by atoms with van der Waals surface area (Å²) in [4.78, 5) is 22.6. The molecule has 0 radical (unpaired) electrons. The molecular weight excluding hydrogens is 360 g/mol. The molecule has 0 aliphatic heterocycles. The van der Waals surface area contributed by atoms with Gasteiger partial charge in [0.2, 0.25) is 5.75 Å². The van der Waals surface area contributed by atoms with E-state index in [2.05, 4.69) is 23.5 Å². The van der Waals surface area contributed by atoms with E-state index in [4.69, 9.17) is 9.47 Å². The smallest absolute Gasteiger partial charge is 0.311 e. The van der Waals surface area contributed by atoms with Gasteiger partial charge < -0.3 is 14.8 Å². The van der Waals surface area contributed by atoms with Crippen LogP contribution in [0, 0.1) is 10.1 Å². The van der Waals surface area contributed by atoms with Gasteiger partial charge in [0.1, 0.15) is 5.75 Å². The molecule has 7 heteroatoms. The summed E-state index contributed by atoms with van der Waals surface area (Å²) in [5, 5.41) is 13.9. The third kappa shape index (κ3) is 4.60. The van der Waals surface area contributed by atoms with Gasteiger partial charge in [0, 0.05) is 12.1 Å². The van der Waals surface area contributed by atoms with E-state index in [1.54, 1.807) is 0 Å². The van der Waals surface area contributed by atoms with Gasteiger partial charge in [-0.05, 0) is 55.4 Å². The van der Waals surface area contributed by atoms with Crippen LogP contribution in [0.15, 0.2) is 36.4 Å². The van der Waals surface area contributed by atoms with Gasteiger partial charge in [0.25, 0.3) is 5.91 Å². The minimum Gasteiger partial charge on any atom is -0.490 e. The first-order valence-corrected chi connectivity index (χ1v) is 9.34. The van der Waals surface area contributed by atoms with Crippen molar-refractivity contribution in [3.05, 3.63) is 63.2 Å². The van der Waals surface area contributed by atoms with E-state index in [1.165, 1.54) is 49.3 Å². The van der Waals surface area contributed by atoms with Crippen LogP contribution in [-0.2, 0) is 17.6 Å². The van der Waals surface area contributed by atoms with E-state index >= 15 is 0 Å². The highest BCUT2D eigenvalue weighted by atomic mass is 16.6. The highest BCUT2D eigenvalue weighted by Gasteiger charge is 2.17. The predicted molar refractivity (Wildman–Crippen MR) is 105 cm³/mol. The number of aryl methyl sites for hydroxylation is 2. The van der Waals surface area contributed by atoms with Crippen molar-refractivity contribution in [1.82, 2.24) is 5.32 Å². The molecule has 0 bridgehead atoms. The minimum atomic E-state index is -0.532. The fourth-order valence-corrected chi connectivity index (χ4v) is 3.44. The van der Waals surface area contributed by atoms with Crippen molar-refractivity contribution in [3.8, 4) is 11.5 Å². The van der Waals surface area contributed by atoms with Crippen molar-refractivity contribution < 1.29 is 19.2 Å². The van der Waals surface area contributed by atoms with Crippen molar-refractivity contribution >= 4 is 11.6 Å². The summed E-state index contributed by atoms with van der Waals surface area (Å²) in [7, 11) is 1.35. The number of methoxy groups -OCH3 is 1. The maximum atomic E-state index is 12.2. The van der Waals surface area contributed by atoms with E-state index < -0.39 is 4.92 Å². The molecule has 148 valence electrons. The number of ether oxygens (including phenoxy) is 2. The number of hydrogen-bond acceptors (Lipinski definition) is 5. The largest absolute Gasteiger partial charge is 0.490 e. The molecule has 7 nitrogen and oxygen atoms in total. The number of carbonyl (C=O) groups excluding carboxylic acids is 1. The first kappa shape index (κ1) is 19.7. The standard InChI is InChI=1S/C21H24N2O5/c1-14(16-8-7-15-5-3-4-6-17(15)11-16)22-21(24)13-28-18-9-10-19(23(25)26)20(12-18)27-2/h7-12,14H,3-6,13H2,1-2H3,(H,22,24). The Bertz CT molecular complexity index is 881. The van der Waals surface area contributed by atoms with Gasteiger partial charge in [0.15, 0.2) is 6.61 Å². The zero-order chi connectivity index (χ0) is 20.1. The lowest BCUT2D eigenvalue weighted by Crippen LogP contribution is -2.31. The Morgan fingerprint density at radius 3 is 2.64 bits per heavy atom. The van der Waals surface area contributed by atoms with Crippen LogP contribution in [0.5, 0.6) is 11.5 Å². The monoisotopic (exact) mass is 384 g/mol. The molecule has 1 unspecified atom stereocenters. The van der Waals surface area contributed by atoms with E-state index in [0.717, 1.165) is 18.4 Å². The van der Waals surface area contributed by atoms with Gasteiger partial charge in [-0.1, -0.05) is 18.2 Å². The number of fused-ring (bicyclic) bond motifs is 1. The molecule has 0 aromatic heterocycles. The zero-order valence-electron chi connectivity index (χ0n) is 16.1. The van der Waals surface area contributed by atoms with Gasteiger partial charge in [-0.2, -0.15) is 0 Å². The third-order valence-corrected chi connectivity index (χ3v) is 4.97. The van der Waals surface area contributed by atoms with Crippen LogP contribution in [0.3, 0.4) is 0 Å². The second-order valence-corrected chi connectivity index (χ2v) is 6.90. The topological polar surface area (TPSA) is 90.7 Å². The molecule has 3 rings (SSSR count). The lowest BCUT2D eigenvalue weighted by atomic mass is 9.89. The Labute approximate surface area is 163 Å². The van der Waals surface area contributed by atoms with Crippen molar-refractivity contribution in [2.75, 3.05) is 13.7 Å². The van der Waals surface area contributed by atoms with Gasteiger partial charge in [-0.15, -0.1) is 0 Å². The van der Waals surface area contributed by atoms with Gasteiger partial charge in [-0.25, -0.2) is 0 Å². The Kier molecular flexibility index (Phi) is 6.13. The number of carbonyl (C=O) groups is 1. The van der Waals surface area contributed by atoms with Crippen molar-refractivity contribution in [2.45, 2.75) is 38.6 Å². The molecule has 2 aromatic rings. The van der Waals surface area contributed by atoms with Crippen molar-refractivity contribution in [1.29, 1.82) is 0 Å². The summed E-state index contributed by atoms with van der Waals surface area (Å²) in [5.41, 5.74) is 3.70. The predicted octanol–water partition coefficient (Wildman–Crippen LogP) is 3.74. The quantitative estimate of drug-likeness (QED) is 0.580. The van der Waals surface area contributed by atoms with E-state index in [0.29, 0.717) is 5.75 Å². The van der Waals surface area contributed by atoms with Crippen LogP contribution in [-0.4, -0.2) is 24.5 Å². The first-order chi connectivity index (χ1) is 13.5.